The first-order valence-electron chi connectivity index (χ1n) is 8.04. The van der Waals surface area contributed by atoms with Gasteiger partial charge in [0.05, 0.1) is 6.54 Å². The molecule has 3 unspecified atom stereocenters. The van der Waals surface area contributed by atoms with Crippen molar-refractivity contribution in [3.05, 3.63) is 0 Å². The zero-order valence-electron chi connectivity index (χ0n) is 11.8. The van der Waals surface area contributed by atoms with Crippen LogP contribution in [0.4, 0.5) is 0 Å². The number of likely N-dealkylation sites (tertiary alicyclic amines) is 1. The van der Waals surface area contributed by atoms with E-state index in [-0.39, 0.29) is 17.6 Å². The van der Waals surface area contributed by atoms with Crippen molar-refractivity contribution in [2.45, 2.75) is 57.8 Å². The van der Waals surface area contributed by atoms with Crippen LogP contribution in [-0.2, 0) is 9.59 Å². The first-order chi connectivity index (χ1) is 9.24. The van der Waals surface area contributed by atoms with E-state index in [1.165, 1.54) is 32.1 Å². The fraction of sp³-hybridized carbons (Fsp3) is 0.875. The molecule has 2 aliphatic carbocycles. The molecule has 106 valence electrons. The van der Waals surface area contributed by atoms with E-state index in [9.17, 15) is 9.59 Å². The molecule has 1 saturated heterocycles. The van der Waals surface area contributed by atoms with Gasteiger partial charge in [-0.15, -0.1) is 0 Å². The summed E-state index contributed by atoms with van der Waals surface area (Å²) < 4.78 is 0. The van der Waals surface area contributed by atoms with Crippen LogP contribution in [-0.4, -0.2) is 29.7 Å². The van der Waals surface area contributed by atoms with Crippen molar-refractivity contribution in [2.24, 2.45) is 17.8 Å². The van der Waals surface area contributed by atoms with Crippen molar-refractivity contribution in [3.63, 3.8) is 0 Å². The molecule has 3 atom stereocenters. The summed E-state index contributed by atoms with van der Waals surface area (Å²) in [7, 11) is 0. The lowest BCUT2D eigenvalue weighted by atomic mass is 9.67. The number of nitrogens with zero attached hydrogens (tertiary/aromatic N) is 1. The molecule has 3 nitrogen and oxygen atoms in total. The van der Waals surface area contributed by atoms with Crippen LogP contribution in [0.25, 0.3) is 0 Å². The second-order valence-electron chi connectivity index (χ2n) is 6.72. The SMILES string of the molecule is O=C1CCCN(C(=O)C2CCC3CCCCC3C2)C1. The summed E-state index contributed by atoms with van der Waals surface area (Å²) in [4.78, 5) is 25.9. The van der Waals surface area contributed by atoms with Gasteiger partial charge < -0.3 is 4.90 Å². The largest absolute Gasteiger partial charge is 0.335 e. The minimum Gasteiger partial charge on any atom is -0.335 e. The van der Waals surface area contributed by atoms with Crippen LogP contribution in [0.1, 0.15) is 57.8 Å². The van der Waals surface area contributed by atoms with Gasteiger partial charge in [0.25, 0.3) is 0 Å². The minimum atomic E-state index is 0.213. The summed E-state index contributed by atoms with van der Waals surface area (Å²) >= 11 is 0. The molecular weight excluding hydrogens is 238 g/mol. The van der Waals surface area contributed by atoms with Crippen molar-refractivity contribution in [3.8, 4) is 0 Å². The number of piperidine rings is 1. The molecule has 0 aromatic rings. The van der Waals surface area contributed by atoms with Crippen molar-refractivity contribution >= 4 is 11.7 Å². The average molecular weight is 263 g/mol. The number of hydrogen-bond acceptors (Lipinski definition) is 2. The third kappa shape index (κ3) is 2.85. The lowest BCUT2D eigenvalue weighted by molar-refractivity contribution is -0.142. The topological polar surface area (TPSA) is 37.4 Å². The van der Waals surface area contributed by atoms with E-state index in [2.05, 4.69) is 0 Å². The lowest BCUT2D eigenvalue weighted by Crippen LogP contribution is -2.45. The summed E-state index contributed by atoms with van der Waals surface area (Å²) in [6.45, 7) is 1.18. The van der Waals surface area contributed by atoms with Gasteiger partial charge in [0, 0.05) is 18.9 Å². The van der Waals surface area contributed by atoms with Crippen LogP contribution in [0, 0.1) is 17.8 Å². The fourth-order valence-electron chi connectivity index (χ4n) is 4.38. The summed E-state index contributed by atoms with van der Waals surface area (Å²) in [5.41, 5.74) is 0. The molecule has 3 rings (SSSR count). The Morgan fingerprint density at radius 3 is 2.58 bits per heavy atom. The summed E-state index contributed by atoms with van der Waals surface area (Å²) in [6, 6.07) is 0. The number of ketones is 1. The highest BCUT2D eigenvalue weighted by atomic mass is 16.2. The second kappa shape index (κ2) is 5.64. The first-order valence-corrected chi connectivity index (χ1v) is 8.04. The highest BCUT2D eigenvalue weighted by molar-refractivity contribution is 5.88. The highest BCUT2D eigenvalue weighted by Crippen LogP contribution is 2.43. The number of Topliss-reactive ketones (excluding diaryl/α,β-unsaturated/α-hetero) is 1. The third-order valence-corrected chi connectivity index (χ3v) is 5.45. The normalized spacial score (nSPS) is 35.9. The molecule has 0 N–H and O–H groups in total. The smallest absolute Gasteiger partial charge is 0.226 e. The van der Waals surface area contributed by atoms with Gasteiger partial charge in [-0.1, -0.05) is 25.7 Å². The molecule has 2 saturated carbocycles. The number of hydrogen-bond donors (Lipinski definition) is 0. The summed E-state index contributed by atoms with van der Waals surface area (Å²) in [5, 5.41) is 0. The number of carbonyl (C=O) groups excluding carboxylic acids is 2. The maximum atomic E-state index is 12.5. The van der Waals surface area contributed by atoms with Crippen LogP contribution < -0.4 is 0 Å². The molecule has 3 aliphatic rings. The molecule has 0 spiro atoms. The molecule has 19 heavy (non-hydrogen) atoms. The van der Waals surface area contributed by atoms with Crippen LogP contribution in [0.15, 0.2) is 0 Å². The van der Waals surface area contributed by atoms with Gasteiger partial charge in [0.15, 0.2) is 5.78 Å². The standard InChI is InChI=1S/C16H25NO2/c18-15-6-3-9-17(11-15)16(19)14-8-7-12-4-1-2-5-13(12)10-14/h12-14H,1-11H2. The Balaban J connectivity index is 1.59. The summed E-state index contributed by atoms with van der Waals surface area (Å²) in [6.07, 6.45) is 10.4. The molecule has 1 amide bonds. The lowest BCUT2D eigenvalue weighted by Gasteiger charge is -2.40. The molecule has 0 bridgehead atoms. The number of carbonyl (C=O) groups is 2. The summed E-state index contributed by atoms with van der Waals surface area (Å²) in [5.74, 6) is 2.41. The zero-order chi connectivity index (χ0) is 13.2. The van der Waals surface area contributed by atoms with E-state index < -0.39 is 0 Å². The van der Waals surface area contributed by atoms with Crippen LogP contribution in [0.5, 0.6) is 0 Å². The Kier molecular flexibility index (Phi) is 3.90. The van der Waals surface area contributed by atoms with E-state index in [1.54, 1.807) is 0 Å². The van der Waals surface area contributed by atoms with Crippen LogP contribution in [0.2, 0.25) is 0 Å². The van der Waals surface area contributed by atoms with E-state index >= 15 is 0 Å². The van der Waals surface area contributed by atoms with Gasteiger partial charge in [-0.25, -0.2) is 0 Å². The zero-order valence-corrected chi connectivity index (χ0v) is 11.8. The number of rotatable bonds is 1. The monoisotopic (exact) mass is 263 g/mol. The molecule has 3 fully saturated rings. The van der Waals surface area contributed by atoms with E-state index in [1.807, 2.05) is 4.90 Å². The fourth-order valence-corrected chi connectivity index (χ4v) is 4.38. The molecule has 3 heteroatoms. The van der Waals surface area contributed by atoms with Gasteiger partial charge >= 0.3 is 0 Å². The molecule has 1 aliphatic heterocycles. The predicted octanol–water partition coefficient (Wildman–Crippen LogP) is 2.78. The quantitative estimate of drug-likeness (QED) is 0.729. The van der Waals surface area contributed by atoms with Gasteiger partial charge in [0.2, 0.25) is 5.91 Å². The first kappa shape index (κ1) is 13.1. The maximum Gasteiger partial charge on any atom is 0.226 e. The average Bonchev–Trinajstić information content (AvgIpc) is 2.46. The Morgan fingerprint density at radius 2 is 1.79 bits per heavy atom. The Morgan fingerprint density at radius 1 is 1.00 bits per heavy atom. The molecule has 0 aromatic carbocycles. The molecule has 1 heterocycles. The van der Waals surface area contributed by atoms with Gasteiger partial charge in [-0.3, -0.25) is 9.59 Å². The maximum absolute atomic E-state index is 12.5. The van der Waals surface area contributed by atoms with Crippen molar-refractivity contribution in [1.29, 1.82) is 0 Å². The van der Waals surface area contributed by atoms with Gasteiger partial charge in [-0.2, -0.15) is 0 Å². The van der Waals surface area contributed by atoms with Crippen molar-refractivity contribution < 1.29 is 9.59 Å². The Hall–Kier alpha value is -0.860. The second-order valence-corrected chi connectivity index (χ2v) is 6.72. The third-order valence-electron chi connectivity index (χ3n) is 5.45. The number of fused-ring (bicyclic) bond motifs is 1. The number of amides is 1. The van der Waals surface area contributed by atoms with E-state index in [0.717, 1.165) is 37.6 Å². The van der Waals surface area contributed by atoms with Gasteiger partial charge in [-0.05, 0) is 37.5 Å². The molecular formula is C16H25NO2. The Labute approximate surface area is 115 Å². The molecule has 0 aromatic heterocycles. The minimum absolute atomic E-state index is 0.213. The van der Waals surface area contributed by atoms with Crippen LogP contribution >= 0.6 is 0 Å². The Bertz CT molecular complexity index is 366. The van der Waals surface area contributed by atoms with E-state index in [4.69, 9.17) is 0 Å². The van der Waals surface area contributed by atoms with Crippen molar-refractivity contribution in [2.75, 3.05) is 13.1 Å². The van der Waals surface area contributed by atoms with Crippen molar-refractivity contribution in [1.82, 2.24) is 4.90 Å². The molecule has 0 radical (unpaired) electrons. The highest BCUT2D eigenvalue weighted by Gasteiger charge is 2.37. The van der Waals surface area contributed by atoms with Crippen LogP contribution in [0.3, 0.4) is 0 Å². The predicted molar refractivity (Wildman–Crippen MR) is 73.6 cm³/mol. The van der Waals surface area contributed by atoms with Gasteiger partial charge in [0.1, 0.15) is 0 Å². The van der Waals surface area contributed by atoms with E-state index in [0.29, 0.717) is 13.0 Å².